The number of non-ortho nitro benzene ring substituents is 1. The fourth-order valence-corrected chi connectivity index (χ4v) is 2.73. The highest BCUT2D eigenvalue weighted by Gasteiger charge is 2.35. The number of nitrogens with one attached hydrogen (secondary N) is 1. The molecule has 0 unspecified atom stereocenters. The van der Waals surface area contributed by atoms with Crippen LogP contribution >= 0.6 is 0 Å². The second-order valence-corrected chi connectivity index (χ2v) is 5.20. The van der Waals surface area contributed by atoms with Gasteiger partial charge >= 0.3 is 0 Å². The maximum atomic E-state index is 12.8. The lowest BCUT2D eigenvalue weighted by molar-refractivity contribution is -0.384. The van der Waals surface area contributed by atoms with Crippen LogP contribution in [-0.2, 0) is 4.74 Å². The van der Waals surface area contributed by atoms with E-state index in [0.717, 1.165) is 0 Å². The van der Waals surface area contributed by atoms with Crippen molar-refractivity contribution in [2.24, 2.45) is 0 Å². The quantitative estimate of drug-likeness (QED) is 0.670. The monoisotopic (exact) mass is 339 g/mol. The number of methoxy groups -OCH3 is 1. The summed E-state index contributed by atoms with van der Waals surface area (Å²) in [5.74, 6) is -0.900. The molecule has 126 valence electrons. The molecule has 1 aliphatic carbocycles. The summed E-state index contributed by atoms with van der Waals surface area (Å²) in [4.78, 5) is 39.9. The van der Waals surface area contributed by atoms with Gasteiger partial charge in [-0.2, -0.15) is 0 Å². The van der Waals surface area contributed by atoms with E-state index in [1.54, 1.807) is 0 Å². The lowest BCUT2D eigenvalue weighted by atomic mass is 9.88. The Labute approximate surface area is 142 Å². The molecule has 0 fully saturated rings. The smallest absolute Gasteiger partial charge is 0.269 e. The fourth-order valence-electron chi connectivity index (χ4n) is 2.73. The fraction of sp³-hybridized carbons (Fsp3) is 0.118. The van der Waals surface area contributed by atoms with Gasteiger partial charge in [-0.3, -0.25) is 24.7 Å². The summed E-state index contributed by atoms with van der Waals surface area (Å²) in [5.41, 5.74) is 1.09. The van der Waals surface area contributed by atoms with Gasteiger partial charge < -0.3 is 10.1 Å². The van der Waals surface area contributed by atoms with Gasteiger partial charge in [-0.1, -0.05) is 0 Å². The van der Waals surface area contributed by atoms with Gasteiger partial charge in [0.05, 0.1) is 23.3 Å². The summed E-state index contributed by atoms with van der Waals surface area (Å²) in [6, 6.07) is 7.08. The Hall–Kier alpha value is -3.55. The van der Waals surface area contributed by atoms with E-state index in [1.807, 2.05) is 0 Å². The van der Waals surface area contributed by atoms with Crippen molar-refractivity contribution in [3.63, 3.8) is 0 Å². The molecule has 8 heteroatoms. The van der Waals surface area contributed by atoms with Crippen LogP contribution < -0.4 is 5.32 Å². The van der Waals surface area contributed by atoms with E-state index in [-0.39, 0.29) is 34.0 Å². The Balaban J connectivity index is 2.20. The lowest BCUT2D eigenvalue weighted by Gasteiger charge is -2.21. The molecule has 0 radical (unpaired) electrons. The van der Waals surface area contributed by atoms with Crippen molar-refractivity contribution in [1.29, 1.82) is 0 Å². The Bertz CT molecular complexity index is 932. The predicted octanol–water partition coefficient (Wildman–Crippen LogP) is 2.11. The van der Waals surface area contributed by atoms with Gasteiger partial charge in [0.2, 0.25) is 11.6 Å². The predicted molar refractivity (Wildman–Crippen MR) is 88.1 cm³/mol. The normalized spacial score (nSPS) is 13.5. The van der Waals surface area contributed by atoms with Gasteiger partial charge in [0.15, 0.2) is 5.76 Å². The number of benzene rings is 1. The molecule has 1 heterocycles. The number of hydrogen-bond donors (Lipinski definition) is 1. The molecule has 0 saturated heterocycles. The first-order valence-electron chi connectivity index (χ1n) is 7.28. The molecule has 0 aliphatic heterocycles. The summed E-state index contributed by atoms with van der Waals surface area (Å²) in [5, 5.41) is 13.5. The highest BCUT2D eigenvalue weighted by atomic mass is 16.6. The first kappa shape index (κ1) is 16.3. The zero-order chi connectivity index (χ0) is 18.1. The van der Waals surface area contributed by atoms with Crippen LogP contribution in [0.5, 0.6) is 0 Å². The maximum absolute atomic E-state index is 12.8. The molecule has 0 bridgehead atoms. The molecule has 1 aromatic carbocycles. The number of ketones is 2. The maximum Gasteiger partial charge on any atom is 0.269 e. The molecule has 25 heavy (non-hydrogen) atoms. The standard InChI is InChI=1S/C17H13N3O5/c1-18-14-16(22)12-11(15(21)17(14)25-2)7-8-19-13(12)9-3-5-10(6-4-9)20(23)24/h3-8,18H,1-2H3. The molecule has 2 aromatic rings. The van der Waals surface area contributed by atoms with Crippen LogP contribution in [0.15, 0.2) is 48.0 Å². The largest absolute Gasteiger partial charge is 0.491 e. The zero-order valence-corrected chi connectivity index (χ0v) is 13.4. The van der Waals surface area contributed by atoms with Crippen molar-refractivity contribution < 1.29 is 19.2 Å². The minimum Gasteiger partial charge on any atom is -0.491 e. The first-order chi connectivity index (χ1) is 12.0. The van der Waals surface area contributed by atoms with Gasteiger partial charge in [0.25, 0.3) is 5.69 Å². The van der Waals surface area contributed by atoms with Gasteiger partial charge in [0, 0.05) is 36.5 Å². The molecule has 1 N–H and O–H groups in total. The van der Waals surface area contributed by atoms with Gasteiger partial charge in [-0.15, -0.1) is 0 Å². The Kier molecular flexibility index (Phi) is 4.02. The van der Waals surface area contributed by atoms with Gasteiger partial charge in [-0.05, 0) is 18.2 Å². The van der Waals surface area contributed by atoms with Gasteiger partial charge in [0.1, 0.15) is 5.70 Å². The zero-order valence-electron chi connectivity index (χ0n) is 13.4. The number of nitro groups is 1. The van der Waals surface area contributed by atoms with Crippen LogP contribution in [0, 0.1) is 10.1 Å². The summed E-state index contributed by atoms with van der Waals surface area (Å²) >= 11 is 0. The van der Waals surface area contributed by atoms with Crippen molar-refractivity contribution in [2.45, 2.75) is 0 Å². The summed E-state index contributed by atoms with van der Waals surface area (Å²) in [7, 11) is 2.84. The van der Waals surface area contributed by atoms with Crippen molar-refractivity contribution >= 4 is 17.3 Å². The van der Waals surface area contributed by atoms with E-state index in [2.05, 4.69) is 10.3 Å². The van der Waals surface area contributed by atoms with Crippen molar-refractivity contribution in [3.8, 4) is 11.3 Å². The molecule has 1 aromatic heterocycles. The molecule has 0 saturated carbocycles. The Morgan fingerprint density at radius 1 is 1.12 bits per heavy atom. The minimum atomic E-state index is -0.515. The van der Waals surface area contributed by atoms with Crippen molar-refractivity contribution in [1.82, 2.24) is 10.3 Å². The molecule has 0 atom stereocenters. The van der Waals surface area contributed by atoms with Crippen LogP contribution in [0.4, 0.5) is 5.69 Å². The number of aromatic nitrogens is 1. The highest BCUT2D eigenvalue weighted by Crippen LogP contribution is 2.32. The number of nitro benzene ring substituents is 1. The summed E-state index contributed by atoms with van der Waals surface area (Å²) in [6.45, 7) is 0. The highest BCUT2D eigenvalue weighted by molar-refractivity contribution is 6.27. The molecular weight excluding hydrogens is 326 g/mol. The Morgan fingerprint density at radius 3 is 2.36 bits per heavy atom. The van der Waals surface area contributed by atoms with Crippen molar-refractivity contribution in [3.05, 3.63) is 69.2 Å². The van der Waals surface area contributed by atoms with E-state index >= 15 is 0 Å². The number of rotatable bonds is 4. The second kappa shape index (κ2) is 6.16. The van der Waals surface area contributed by atoms with Crippen molar-refractivity contribution in [2.75, 3.05) is 14.2 Å². The SMILES string of the molecule is CNC1=C(OC)C(=O)c2ccnc(-c3ccc([N+](=O)[O-])cc3)c2C1=O. The number of hydrogen-bond acceptors (Lipinski definition) is 7. The summed E-state index contributed by atoms with van der Waals surface area (Å²) in [6.07, 6.45) is 1.42. The first-order valence-corrected chi connectivity index (χ1v) is 7.28. The van der Waals surface area contributed by atoms with Crippen LogP contribution in [0.2, 0.25) is 0 Å². The number of nitrogens with zero attached hydrogens (tertiary/aromatic N) is 2. The second-order valence-electron chi connectivity index (χ2n) is 5.20. The van der Waals surface area contributed by atoms with Crippen LogP contribution in [0.3, 0.4) is 0 Å². The topological polar surface area (TPSA) is 111 Å². The average Bonchev–Trinajstić information content (AvgIpc) is 2.63. The summed E-state index contributed by atoms with van der Waals surface area (Å²) < 4.78 is 5.07. The average molecular weight is 339 g/mol. The number of carbonyl (C=O) groups excluding carboxylic acids is 2. The number of pyridine rings is 1. The molecular formula is C17H13N3O5. The van der Waals surface area contributed by atoms with E-state index in [0.29, 0.717) is 5.56 Å². The molecule has 0 amide bonds. The number of carbonyl (C=O) groups is 2. The van der Waals surface area contributed by atoms with Crippen LogP contribution in [0.1, 0.15) is 20.7 Å². The number of Topliss-reactive ketones (excluding diaryl/α,β-unsaturated/α-hetero) is 2. The number of ether oxygens (including phenoxy) is 1. The minimum absolute atomic E-state index is 0.0520. The molecule has 0 spiro atoms. The van der Waals surface area contributed by atoms with Crippen LogP contribution in [0.25, 0.3) is 11.3 Å². The number of fused-ring (bicyclic) bond motifs is 1. The van der Waals surface area contributed by atoms with E-state index in [9.17, 15) is 19.7 Å². The number of allylic oxidation sites excluding steroid dienone is 2. The third-order valence-corrected chi connectivity index (χ3v) is 3.89. The van der Waals surface area contributed by atoms with Crippen LogP contribution in [-0.4, -0.2) is 35.6 Å². The lowest BCUT2D eigenvalue weighted by Crippen LogP contribution is -2.30. The third-order valence-electron chi connectivity index (χ3n) is 3.89. The molecule has 8 nitrogen and oxygen atoms in total. The number of likely N-dealkylation sites (N-methyl/N-ethyl adjacent to an activating group) is 1. The van der Waals surface area contributed by atoms with E-state index < -0.39 is 16.5 Å². The van der Waals surface area contributed by atoms with Gasteiger partial charge in [-0.25, -0.2) is 0 Å². The molecule has 1 aliphatic rings. The Morgan fingerprint density at radius 2 is 1.80 bits per heavy atom. The molecule has 3 rings (SSSR count). The third kappa shape index (κ3) is 2.53. The van der Waals surface area contributed by atoms with E-state index in [4.69, 9.17) is 4.74 Å². The van der Waals surface area contributed by atoms with E-state index in [1.165, 1.54) is 50.7 Å².